The molecule has 6 N–H and O–H groups in total. The third kappa shape index (κ3) is 6.77. The van der Waals surface area contributed by atoms with Gasteiger partial charge in [0.05, 0.1) is 19.5 Å². The smallest absolute Gasteiger partial charge is 0.335 e. The molecule has 208 valence electrons. The zero-order chi connectivity index (χ0) is 27.1. The number of rotatable bonds is 13. The lowest BCUT2D eigenvalue weighted by molar-refractivity contribution is 0.119. The van der Waals surface area contributed by atoms with Crippen molar-refractivity contribution in [3.63, 3.8) is 0 Å². The third-order valence-electron chi connectivity index (χ3n) is 6.10. The average Bonchev–Trinajstić information content (AvgIpc) is 3.39. The zero-order valence-electron chi connectivity index (χ0n) is 21.8. The minimum atomic E-state index is -0.373. The molecular weight excluding hydrogens is 496 g/mol. The molecule has 1 aromatic carbocycles. The summed E-state index contributed by atoms with van der Waals surface area (Å²) in [5.74, 6) is 1.38. The topological polar surface area (TPSA) is 171 Å². The number of nitrogens with zero attached hydrogens (tertiary/aromatic N) is 5. The molecule has 1 saturated heterocycles. The van der Waals surface area contributed by atoms with Crippen LogP contribution in [-0.2, 0) is 18.0 Å². The first-order valence-electron chi connectivity index (χ1n) is 12.4. The number of nitrogen functional groups attached to an aromatic ring is 1. The summed E-state index contributed by atoms with van der Waals surface area (Å²) in [6.07, 6.45) is 1.98. The Hall–Kier alpha value is -3.72. The number of H-pyrrole nitrogens is 1. The Balaban J connectivity index is 1.64. The summed E-state index contributed by atoms with van der Waals surface area (Å²) in [7, 11) is 3.64. The van der Waals surface area contributed by atoms with Crippen molar-refractivity contribution in [2.45, 2.75) is 19.6 Å². The Bertz CT molecular complexity index is 1250. The van der Waals surface area contributed by atoms with E-state index in [0.717, 1.165) is 26.2 Å². The van der Waals surface area contributed by atoms with Gasteiger partial charge >= 0.3 is 5.69 Å². The molecule has 0 unspecified atom stereocenters. The molecule has 3 aromatic rings. The molecule has 0 bridgehead atoms. The highest BCUT2D eigenvalue weighted by Crippen LogP contribution is 2.36. The number of aromatic nitrogens is 4. The van der Waals surface area contributed by atoms with Gasteiger partial charge in [0.15, 0.2) is 5.95 Å². The summed E-state index contributed by atoms with van der Waals surface area (Å²) in [6.45, 7) is 4.93. The van der Waals surface area contributed by atoms with Gasteiger partial charge in [0.25, 0.3) is 11.8 Å². The highest BCUT2D eigenvalue weighted by molar-refractivity contribution is 5.46. The number of likely N-dealkylation sites (N-methyl/N-ethyl adjacent to an activating group) is 1. The van der Waals surface area contributed by atoms with Crippen LogP contribution in [-0.4, -0.2) is 94.1 Å². The fourth-order valence-corrected chi connectivity index (χ4v) is 4.02. The molecule has 0 radical (unpaired) electrons. The van der Waals surface area contributed by atoms with Crippen molar-refractivity contribution in [1.82, 2.24) is 28.9 Å². The number of methoxy groups -OCH3 is 1. The van der Waals surface area contributed by atoms with Crippen LogP contribution < -0.4 is 31.4 Å². The minimum Gasteiger partial charge on any atom is -0.491 e. The number of hydrogen-bond donors (Lipinski definition) is 4. The van der Waals surface area contributed by atoms with Gasteiger partial charge in [0.2, 0.25) is 5.88 Å². The maximum atomic E-state index is 13.3. The Morgan fingerprint density at radius 2 is 1.76 bits per heavy atom. The number of nitrogens with two attached hydrogens (primary N) is 2. The fourth-order valence-electron chi connectivity index (χ4n) is 4.02. The molecule has 14 nitrogen and oxygen atoms in total. The number of nitrogens with one attached hydrogen (secondary N) is 1. The van der Waals surface area contributed by atoms with Gasteiger partial charge in [-0.2, -0.15) is 0 Å². The molecule has 0 atom stereocenters. The molecule has 1 fully saturated rings. The summed E-state index contributed by atoms with van der Waals surface area (Å²) < 4.78 is 25.5. The van der Waals surface area contributed by atoms with Crippen LogP contribution in [0.3, 0.4) is 0 Å². The Kier molecular flexibility index (Phi) is 9.12. The van der Waals surface area contributed by atoms with Crippen molar-refractivity contribution in [3.8, 4) is 34.9 Å². The second-order valence-electron chi connectivity index (χ2n) is 9.01. The van der Waals surface area contributed by atoms with E-state index in [9.17, 15) is 9.90 Å². The second kappa shape index (κ2) is 12.7. The zero-order valence-corrected chi connectivity index (χ0v) is 21.8. The van der Waals surface area contributed by atoms with Gasteiger partial charge in [-0.1, -0.05) is 0 Å². The van der Waals surface area contributed by atoms with Gasteiger partial charge in [-0.05, 0) is 20.0 Å². The highest BCUT2D eigenvalue weighted by atomic mass is 16.5. The first-order chi connectivity index (χ1) is 18.4. The summed E-state index contributed by atoms with van der Waals surface area (Å²) in [4.78, 5) is 24.4. The summed E-state index contributed by atoms with van der Waals surface area (Å²) >= 11 is 0. The van der Waals surface area contributed by atoms with E-state index in [0.29, 0.717) is 43.6 Å². The van der Waals surface area contributed by atoms with Crippen LogP contribution in [0.4, 0.5) is 5.95 Å². The molecule has 0 amide bonds. The van der Waals surface area contributed by atoms with Crippen LogP contribution in [0.2, 0.25) is 0 Å². The summed E-state index contributed by atoms with van der Waals surface area (Å²) in [5, 5.41) is 11.1. The standard InChI is InChI=1S/C24H36N8O6/c1-29-6-8-30(9-7-29)16-32-21(33)22(31(24(32)34)5-3-4-25)38-19-13-17(36-11-10-35-2)12-18(14-19)37-20-15-27-23(26)28-20/h12-15,33H,3-11,16,25H2,1-2H3,(H3,26,27,28). The molecule has 14 heteroatoms. The number of hydrogen-bond acceptors (Lipinski definition) is 11. The van der Waals surface area contributed by atoms with Gasteiger partial charge < -0.3 is 40.4 Å². The normalized spacial score (nSPS) is 14.6. The number of aromatic hydroxyl groups is 1. The Labute approximate surface area is 220 Å². The molecule has 2 aromatic heterocycles. The van der Waals surface area contributed by atoms with E-state index in [1.54, 1.807) is 25.3 Å². The Morgan fingerprint density at radius 1 is 1.05 bits per heavy atom. The number of aromatic amines is 1. The van der Waals surface area contributed by atoms with E-state index in [-0.39, 0.29) is 42.4 Å². The van der Waals surface area contributed by atoms with Gasteiger partial charge in [-0.3, -0.25) is 14.5 Å². The van der Waals surface area contributed by atoms with E-state index >= 15 is 0 Å². The van der Waals surface area contributed by atoms with Crippen LogP contribution in [0.5, 0.6) is 34.9 Å². The number of anilines is 1. The molecule has 0 aliphatic carbocycles. The van der Waals surface area contributed by atoms with Crippen LogP contribution in [0.1, 0.15) is 6.42 Å². The largest absolute Gasteiger partial charge is 0.491 e. The lowest BCUT2D eigenvalue weighted by Gasteiger charge is -2.32. The SMILES string of the molecule is COCCOc1cc(Oc2cnc(N)[nH]2)cc(Oc2c(O)n(CN3CCN(C)CC3)c(=O)n2CCCN)c1. The van der Waals surface area contributed by atoms with Gasteiger partial charge in [-0.15, -0.1) is 0 Å². The van der Waals surface area contributed by atoms with Gasteiger partial charge in [-0.25, -0.2) is 14.3 Å². The molecule has 0 spiro atoms. The van der Waals surface area contributed by atoms with Crippen LogP contribution >= 0.6 is 0 Å². The maximum absolute atomic E-state index is 13.3. The van der Waals surface area contributed by atoms with Crippen molar-refractivity contribution >= 4 is 5.95 Å². The number of imidazole rings is 2. The second-order valence-corrected chi connectivity index (χ2v) is 9.01. The van der Waals surface area contributed by atoms with Gasteiger partial charge in [0.1, 0.15) is 23.9 Å². The van der Waals surface area contributed by atoms with Crippen molar-refractivity contribution in [2.75, 3.05) is 65.8 Å². The van der Waals surface area contributed by atoms with Crippen LogP contribution in [0, 0.1) is 0 Å². The predicted molar refractivity (Wildman–Crippen MR) is 140 cm³/mol. The lowest BCUT2D eigenvalue weighted by atomic mass is 10.3. The molecule has 4 rings (SSSR count). The predicted octanol–water partition coefficient (Wildman–Crippen LogP) is 0.824. The third-order valence-corrected chi connectivity index (χ3v) is 6.10. The van der Waals surface area contributed by atoms with Crippen LogP contribution in [0.15, 0.2) is 29.2 Å². The first-order valence-corrected chi connectivity index (χ1v) is 12.4. The van der Waals surface area contributed by atoms with E-state index < -0.39 is 0 Å². The molecule has 0 saturated carbocycles. The summed E-state index contributed by atoms with van der Waals surface area (Å²) in [6, 6.07) is 4.91. The fraction of sp³-hybridized carbons (Fsp3) is 0.500. The average molecular weight is 533 g/mol. The van der Waals surface area contributed by atoms with E-state index in [1.165, 1.54) is 15.3 Å². The van der Waals surface area contributed by atoms with Crippen molar-refractivity contribution in [3.05, 3.63) is 34.9 Å². The minimum absolute atomic E-state index is 0.0170. The molecule has 1 aliphatic heterocycles. The van der Waals surface area contributed by atoms with E-state index in [2.05, 4.69) is 26.8 Å². The summed E-state index contributed by atoms with van der Waals surface area (Å²) in [5.41, 5.74) is 11.0. The van der Waals surface area contributed by atoms with Crippen molar-refractivity contribution < 1.29 is 24.1 Å². The quantitative estimate of drug-likeness (QED) is 0.230. The maximum Gasteiger partial charge on any atom is 0.335 e. The van der Waals surface area contributed by atoms with Crippen LogP contribution in [0.25, 0.3) is 0 Å². The number of ether oxygens (including phenoxy) is 4. The monoisotopic (exact) mass is 532 g/mol. The van der Waals surface area contributed by atoms with Crippen molar-refractivity contribution in [2.24, 2.45) is 5.73 Å². The van der Waals surface area contributed by atoms with Gasteiger partial charge in [0, 0.05) is 58.0 Å². The number of piperazine rings is 1. The highest BCUT2D eigenvalue weighted by Gasteiger charge is 2.24. The number of benzene rings is 1. The first kappa shape index (κ1) is 27.3. The lowest BCUT2D eigenvalue weighted by Crippen LogP contribution is -2.46. The Morgan fingerprint density at radius 3 is 2.42 bits per heavy atom. The molecular formula is C24H36N8O6. The molecule has 3 heterocycles. The van der Waals surface area contributed by atoms with Crippen molar-refractivity contribution in [1.29, 1.82) is 0 Å². The molecule has 38 heavy (non-hydrogen) atoms. The van der Waals surface area contributed by atoms with E-state index in [1.807, 2.05) is 0 Å². The molecule has 1 aliphatic rings. The van der Waals surface area contributed by atoms with E-state index in [4.69, 9.17) is 30.4 Å².